The lowest BCUT2D eigenvalue weighted by molar-refractivity contribution is -0.123. The van der Waals surface area contributed by atoms with Gasteiger partial charge in [0, 0.05) is 17.9 Å². The monoisotopic (exact) mass is 386 g/mol. The zero-order chi connectivity index (χ0) is 19.4. The number of aryl methyl sites for hydroxylation is 1. The molecule has 0 fully saturated rings. The third-order valence-electron chi connectivity index (χ3n) is 4.39. The van der Waals surface area contributed by atoms with Crippen LogP contribution in [0.3, 0.4) is 0 Å². The van der Waals surface area contributed by atoms with Gasteiger partial charge in [-0.25, -0.2) is 4.98 Å². The number of benzene rings is 1. The average molecular weight is 386 g/mol. The van der Waals surface area contributed by atoms with Gasteiger partial charge in [-0.3, -0.25) is 14.4 Å². The molecular weight excluding hydrogens is 364 g/mol. The van der Waals surface area contributed by atoms with Crippen LogP contribution in [0.25, 0.3) is 0 Å². The smallest absolute Gasteiger partial charge is 0.257 e. The number of thioether (sulfide) groups is 1. The summed E-state index contributed by atoms with van der Waals surface area (Å²) in [4.78, 5) is 44.6. The van der Waals surface area contributed by atoms with Crippen molar-refractivity contribution in [1.29, 1.82) is 0 Å². The number of hydrogen-bond acceptors (Lipinski definition) is 5. The van der Waals surface area contributed by atoms with Gasteiger partial charge in [-0.2, -0.15) is 0 Å². The van der Waals surface area contributed by atoms with Crippen molar-refractivity contribution in [2.75, 3.05) is 16.4 Å². The first-order valence-corrected chi connectivity index (χ1v) is 9.91. The average Bonchev–Trinajstić information content (AvgIpc) is 2.62. The van der Waals surface area contributed by atoms with Crippen LogP contribution in [-0.2, 0) is 9.59 Å². The van der Waals surface area contributed by atoms with Gasteiger partial charge < -0.3 is 15.6 Å². The largest absolute Gasteiger partial charge is 0.325 e. The first-order valence-electron chi connectivity index (χ1n) is 8.93. The molecule has 0 spiro atoms. The van der Waals surface area contributed by atoms with Crippen molar-refractivity contribution in [3.05, 3.63) is 45.7 Å². The molecule has 8 heteroatoms. The lowest BCUT2D eigenvalue weighted by Gasteiger charge is -2.23. The van der Waals surface area contributed by atoms with Crippen LogP contribution in [0.2, 0.25) is 0 Å². The maximum Gasteiger partial charge on any atom is 0.257 e. The van der Waals surface area contributed by atoms with Gasteiger partial charge in [0.05, 0.1) is 11.5 Å². The molecule has 0 unspecified atom stereocenters. The van der Waals surface area contributed by atoms with E-state index in [2.05, 4.69) is 27.5 Å². The minimum absolute atomic E-state index is 0.0855. The predicted molar refractivity (Wildman–Crippen MR) is 106 cm³/mol. The second kappa shape index (κ2) is 8.39. The van der Waals surface area contributed by atoms with Crippen LogP contribution < -0.4 is 16.2 Å². The number of amides is 2. The van der Waals surface area contributed by atoms with E-state index >= 15 is 0 Å². The maximum atomic E-state index is 12.8. The van der Waals surface area contributed by atoms with E-state index in [1.165, 1.54) is 11.8 Å². The van der Waals surface area contributed by atoms with Crippen molar-refractivity contribution in [2.24, 2.45) is 0 Å². The number of anilines is 2. The second-order valence-electron chi connectivity index (χ2n) is 6.44. The Bertz CT molecular complexity index is 925. The van der Waals surface area contributed by atoms with Crippen molar-refractivity contribution in [2.45, 2.75) is 44.2 Å². The fourth-order valence-corrected chi connectivity index (χ4v) is 3.84. The highest BCUT2D eigenvalue weighted by Gasteiger charge is 2.34. The Morgan fingerprint density at radius 3 is 2.85 bits per heavy atom. The molecule has 0 bridgehead atoms. The Labute approximate surface area is 161 Å². The van der Waals surface area contributed by atoms with Gasteiger partial charge >= 0.3 is 0 Å². The van der Waals surface area contributed by atoms with E-state index in [1.54, 1.807) is 6.07 Å². The summed E-state index contributed by atoms with van der Waals surface area (Å²) >= 11 is 1.43. The summed E-state index contributed by atoms with van der Waals surface area (Å²) in [5.74, 6) is -0.587. The molecule has 7 nitrogen and oxygen atoms in total. The number of rotatable bonds is 6. The Morgan fingerprint density at radius 2 is 2.11 bits per heavy atom. The van der Waals surface area contributed by atoms with Crippen LogP contribution in [0.15, 0.2) is 34.2 Å². The Balaban J connectivity index is 1.88. The first-order chi connectivity index (χ1) is 13.0. The minimum atomic E-state index is -0.876. The van der Waals surface area contributed by atoms with E-state index in [9.17, 15) is 14.4 Å². The molecule has 142 valence electrons. The molecule has 0 saturated carbocycles. The number of fused-ring (bicyclic) bond motifs is 1. The summed E-state index contributed by atoms with van der Waals surface area (Å²) in [5.41, 5.74) is 1.39. The van der Waals surface area contributed by atoms with Gasteiger partial charge in [-0.15, -0.1) is 0 Å². The topological polar surface area (TPSA) is 104 Å². The summed E-state index contributed by atoms with van der Waals surface area (Å²) in [5, 5.41) is 5.90. The fourth-order valence-electron chi connectivity index (χ4n) is 2.89. The number of carbonyl (C=O) groups is 2. The number of carbonyl (C=O) groups excluding carboxylic acids is 2. The van der Waals surface area contributed by atoms with Crippen LogP contribution >= 0.6 is 11.8 Å². The van der Waals surface area contributed by atoms with Crippen LogP contribution in [-0.4, -0.2) is 27.5 Å². The number of para-hydroxylation sites is 1. The van der Waals surface area contributed by atoms with Crippen LogP contribution in [0, 0.1) is 6.92 Å². The molecule has 0 aliphatic carbocycles. The third-order valence-corrected chi connectivity index (χ3v) is 5.35. The van der Waals surface area contributed by atoms with E-state index in [1.807, 2.05) is 25.1 Å². The molecule has 2 amide bonds. The quantitative estimate of drug-likeness (QED) is 0.402. The Hall–Kier alpha value is -2.61. The summed E-state index contributed by atoms with van der Waals surface area (Å²) in [6.07, 6.45) is 1.96. The molecule has 3 rings (SSSR count). The van der Waals surface area contributed by atoms with Crippen molar-refractivity contribution >= 4 is 35.1 Å². The van der Waals surface area contributed by atoms with Gasteiger partial charge in [0.1, 0.15) is 5.82 Å². The first kappa shape index (κ1) is 19.2. The van der Waals surface area contributed by atoms with Gasteiger partial charge in [0.2, 0.25) is 11.8 Å². The number of nitrogens with one attached hydrogen (secondary N) is 3. The lowest BCUT2D eigenvalue weighted by atomic mass is 9.92. The standard InChI is InChI=1S/C19H22N4O3S/c1-3-4-9-27-19-22-16-15(18(26)23-19)12(10-14(24)21-16)17(25)20-13-8-6-5-7-11(13)2/h5-8,12H,3-4,9-10H2,1-2H3,(H,20,25)(H2,21,22,23,24,26)/t12-/m0/s1. The highest BCUT2D eigenvalue weighted by Crippen LogP contribution is 2.30. The van der Waals surface area contributed by atoms with Gasteiger partial charge in [0.15, 0.2) is 5.16 Å². The van der Waals surface area contributed by atoms with Crippen LogP contribution in [0.5, 0.6) is 0 Å². The summed E-state index contributed by atoms with van der Waals surface area (Å²) in [7, 11) is 0. The van der Waals surface area contributed by atoms with Gasteiger partial charge in [-0.1, -0.05) is 43.3 Å². The molecule has 1 aromatic heterocycles. The number of H-pyrrole nitrogens is 1. The zero-order valence-corrected chi connectivity index (χ0v) is 16.1. The highest BCUT2D eigenvalue weighted by atomic mass is 32.2. The lowest BCUT2D eigenvalue weighted by Crippen LogP contribution is -2.36. The third kappa shape index (κ3) is 4.39. The van der Waals surface area contributed by atoms with Crippen LogP contribution in [0.1, 0.15) is 43.2 Å². The molecule has 1 aliphatic rings. The Kier molecular flexibility index (Phi) is 5.95. The maximum absolute atomic E-state index is 12.8. The molecule has 3 N–H and O–H groups in total. The Morgan fingerprint density at radius 1 is 1.33 bits per heavy atom. The van der Waals surface area contributed by atoms with E-state index in [0.717, 1.165) is 24.2 Å². The van der Waals surface area contributed by atoms with E-state index in [-0.39, 0.29) is 35.2 Å². The second-order valence-corrected chi connectivity index (χ2v) is 7.53. The number of hydrogen-bond donors (Lipinski definition) is 3. The molecule has 2 aromatic rings. The fraction of sp³-hybridized carbons (Fsp3) is 0.368. The number of unbranched alkanes of at least 4 members (excludes halogenated alkanes) is 1. The molecule has 1 aliphatic heterocycles. The highest BCUT2D eigenvalue weighted by molar-refractivity contribution is 7.99. The normalized spacial score (nSPS) is 15.8. The van der Waals surface area contributed by atoms with Crippen molar-refractivity contribution < 1.29 is 9.59 Å². The van der Waals surface area contributed by atoms with Gasteiger partial charge in [0.25, 0.3) is 5.56 Å². The molecule has 1 aromatic carbocycles. The number of aromatic nitrogens is 2. The zero-order valence-electron chi connectivity index (χ0n) is 15.3. The SMILES string of the molecule is CCCCSc1nc2c(c(=O)[nH]1)[C@@H](C(=O)Nc1ccccc1C)CC(=O)N2. The molecule has 2 heterocycles. The molecular formula is C19H22N4O3S. The van der Waals surface area contributed by atoms with Crippen molar-refractivity contribution in [3.63, 3.8) is 0 Å². The summed E-state index contributed by atoms with van der Waals surface area (Å²) in [6, 6.07) is 7.36. The number of aromatic amines is 1. The van der Waals surface area contributed by atoms with E-state index in [0.29, 0.717) is 10.8 Å². The molecule has 27 heavy (non-hydrogen) atoms. The van der Waals surface area contributed by atoms with Crippen molar-refractivity contribution in [3.8, 4) is 0 Å². The van der Waals surface area contributed by atoms with Crippen molar-refractivity contribution in [1.82, 2.24) is 9.97 Å². The summed E-state index contributed by atoms with van der Waals surface area (Å²) in [6.45, 7) is 3.97. The predicted octanol–water partition coefficient (Wildman–Crippen LogP) is 3.04. The minimum Gasteiger partial charge on any atom is -0.325 e. The number of nitrogens with zero attached hydrogens (tertiary/aromatic N) is 1. The molecule has 1 atom stereocenters. The molecule has 0 radical (unpaired) electrons. The summed E-state index contributed by atoms with van der Waals surface area (Å²) < 4.78 is 0. The van der Waals surface area contributed by atoms with E-state index in [4.69, 9.17) is 0 Å². The van der Waals surface area contributed by atoms with E-state index < -0.39 is 5.92 Å². The van der Waals surface area contributed by atoms with Crippen LogP contribution in [0.4, 0.5) is 11.5 Å². The van der Waals surface area contributed by atoms with Gasteiger partial charge in [-0.05, 0) is 25.0 Å². The molecule has 0 saturated heterocycles.